The minimum atomic E-state index is -1.01. The van der Waals surface area contributed by atoms with Gasteiger partial charge in [0.25, 0.3) is 0 Å². The Morgan fingerprint density at radius 2 is 1.65 bits per heavy atom. The molecule has 0 saturated carbocycles. The molecule has 31 heavy (non-hydrogen) atoms. The number of nitrogens with one attached hydrogen (secondary N) is 2. The lowest BCUT2D eigenvalue weighted by atomic mass is 10.0. The molecule has 0 aliphatic rings. The molecule has 0 amide bonds. The number of rotatable bonds is 8. The fourth-order valence-electron chi connectivity index (χ4n) is 3.21. The van der Waals surface area contributed by atoms with Crippen molar-refractivity contribution in [3.05, 3.63) is 89.5 Å². The van der Waals surface area contributed by atoms with Crippen molar-refractivity contribution in [1.29, 1.82) is 0 Å². The van der Waals surface area contributed by atoms with Crippen LogP contribution < -0.4 is 10.6 Å². The zero-order chi connectivity index (χ0) is 21.6. The predicted octanol–water partition coefficient (Wildman–Crippen LogP) is 3.98. The van der Waals surface area contributed by atoms with E-state index in [0.29, 0.717) is 31.1 Å². The van der Waals surface area contributed by atoms with Gasteiger partial charge in [-0.3, -0.25) is 0 Å². The van der Waals surface area contributed by atoms with Crippen LogP contribution in [0.2, 0.25) is 0 Å². The van der Waals surface area contributed by atoms with Gasteiger partial charge in [0.2, 0.25) is 0 Å². The second-order valence-electron chi connectivity index (χ2n) is 6.93. The number of nitrogens with zero attached hydrogens (tertiary/aromatic N) is 3. The van der Waals surface area contributed by atoms with Crippen molar-refractivity contribution >= 4 is 28.4 Å². The summed E-state index contributed by atoms with van der Waals surface area (Å²) in [6.07, 6.45) is 1.88. The van der Waals surface area contributed by atoms with Crippen molar-refractivity contribution in [2.24, 2.45) is 0 Å². The Labute approximate surface area is 178 Å². The SMILES string of the molecule is O=C(O)c1ccc(NCCNc2nnc(Cc3ccc(F)cc3)c3ccccc23)nc1. The van der Waals surface area contributed by atoms with Crippen molar-refractivity contribution < 1.29 is 14.3 Å². The third-order valence-corrected chi connectivity index (χ3v) is 4.78. The monoisotopic (exact) mass is 417 g/mol. The number of aromatic carboxylic acids is 1. The molecule has 0 spiro atoms. The summed E-state index contributed by atoms with van der Waals surface area (Å²) in [6, 6.07) is 17.4. The molecule has 2 aromatic heterocycles. The van der Waals surface area contributed by atoms with E-state index in [9.17, 15) is 9.18 Å². The fraction of sp³-hybridized carbons (Fsp3) is 0.130. The Morgan fingerprint density at radius 3 is 2.35 bits per heavy atom. The second kappa shape index (κ2) is 9.17. The van der Waals surface area contributed by atoms with E-state index in [1.807, 2.05) is 24.3 Å². The summed E-state index contributed by atoms with van der Waals surface area (Å²) in [6.45, 7) is 1.13. The van der Waals surface area contributed by atoms with Gasteiger partial charge in [0, 0.05) is 36.5 Å². The lowest BCUT2D eigenvalue weighted by Crippen LogP contribution is -2.16. The maximum atomic E-state index is 13.2. The largest absolute Gasteiger partial charge is 0.478 e. The Hall–Kier alpha value is -4.07. The van der Waals surface area contributed by atoms with Crippen LogP contribution in [0, 0.1) is 5.82 Å². The molecule has 4 aromatic rings. The van der Waals surface area contributed by atoms with Gasteiger partial charge in [0.15, 0.2) is 5.82 Å². The van der Waals surface area contributed by atoms with E-state index in [0.717, 1.165) is 22.0 Å². The summed E-state index contributed by atoms with van der Waals surface area (Å²) in [5.41, 5.74) is 1.94. The molecule has 0 aliphatic carbocycles. The molecule has 0 bridgehead atoms. The van der Waals surface area contributed by atoms with Gasteiger partial charge in [-0.05, 0) is 29.8 Å². The molecule has 8 heteroatoms. The van der Waals surface area contributed by atoms with E-state index in [1.54, 1.807) is 18.2 Å². The number of hydrogen-bond donors (Lipinski definition) is 3. The highest BCUT2D eigenvalue weighted by Crippen LogP contribution is 2.24. The maximum Gasteiger partial charge on any atom is 0.337 e. The predicted molar refractivity (Wildman–Crippen MR) is 117 cm³/mol. The van der Waals surface area contributed by atoms with E-state index in [-0.39, 0.29) is 11.4 Å². The molecule has 2 heterocycles. The van der Waals surface area contributed by atoms with E-state index in [1.165, 1.54) is 24.4 Å². The van der Waals surface area contributed by atoms with Crippen LogP contribution in [-0.2, 0) is 6.42 Å². The lowest BCUT2D eigenvalue weighted by molar-refractivity contribution is 0.0696. The number of pyridine rings is 1. The molecule has 0 radical (unpaired) electrons. The minimum absolute atomic E-state index is 0.145. The van der Waals surface area contributed by atoms with Crippen molar-refractivity contribution in [2.45, 2.75) is 6.42 Å². The second-order valence-corrected chi connectivity index (χ2v) is 6.93. The Bertz CT molecular complexity index is 1200. The molecular weight excluding hydrogens is 397 g/mol. The van der Waals surface area contributed by atoms with Crippen LogP contribution in [0.1, 0.15) is 21.6 Å². The summed E-state index contributed by atoms with van der Waals surface area (Å²) in [5, 5.41) is 26.0. The minimum Gasteiger partial charge on any atom is -0.478 e. The van der Waals surface area contributed by atoms with Gasteiger partial charge in [-0.25, -0.2) is 14.2 Å². The normalized spacial score (nSPS) is 10.7. The molecule has 0 atom stereocenters. The summed E-state index contributed by atoms with van der Waals surface area (Å²) in [7, 11) is 0. The standard InChI is InChI=1S/C23H20FN5O2/c24-17-8-5-15(6-9-17)13-20-18-3-1-2-4-19(18)22(29-28-20)26-12-11-25-21-10-7-16(14-27-21)23(30)31/h1-10,14H,11-13H2,(H,25,27)(H,26,29)(H,30,31). The average molecular weight is 417 g/mol. The topological polar surface area (TPSA) is 100 Å². The Balaban J connectivity index is 1.42. The number of fused-ring (bicyclic) bond motifs is 1. The number of halogens is 1. The molecule has 4 rings (SSSR count). The Kier molecular flexibility index (Phi) is 5.98. The molecule has 0 unspecified atom stereocenters. The number of carboxylic acids is 1. The van der Waals surface area contributed by atoms with Crippen molar-refractivity contribution in [2.75, 3.05) is 23.7 Å². The summed E-state index contributed by atoms with van der Waals surface area (Å²) < 4.78 is 13.2. The lowest BCUT2D eigenvalue weighted by Gasteiger charge is -2.12. The van der Waals surface area contributed by atoms with Gasteiger partial charge in [-0.15, -0.1) is 5.10 Å². The molecule has 7 nitrogen and oxygen atoms in total. The number of carboxylic acid groups (broad SMARTS) is 1. The average Bonchev–Trinajstić information content (AvgIpc) is 2.79. The van der Waals surface area contributed by atoms with Crippen LogP contribution in [0.15, 0.2) is 66.9 Å². The van der Waals surface area contributed by atoms with Gasteiger partial charge >= 0.3 is 5.97 Å². The molecule has 0 saturated heterocycles. The summed E-state index contributed by atoms with van der Waals surface area (Å²) >= 11 is 0. The molecule has 0 fully saturated rings. The van der Waals surface area contributed by atoms with Crippen molar-refractivity contribution in [3.63, 3.8) is 0 Å². The first-order valence-corrected chi connectivity index (χ1v) is 9.76. The zero-order valence-corrected chi connectivity index (χ0v) is 16.5. The van der Waals surface area contributed by atoms with Gasteiger partial charge in [-0.1, -0.05) is 36.4 Å². The highest BCUT2D eigenvalue weighted by molar-refractivity contribution is 5.93. The molecule has 2 aromatic carbocycles. The number of aromatic nitrogens is 3. The van der Waals surface area contributed by atoms with Crippen LogP contribution in [-0.4, -0.2) is 39.3 Å². The first kappa shape index (κ1) is 20.2. The maximum absolute atomic E-state index is 13.2. The van der Waals surface area contributed by atoms with Gasteiger partial charge in [0.05, 0.1) is 11.3 Å². The quantitative estimate of drug-likeness (QED) is 0.373. The van der Waals surface area contributed by atoms with Gasteiger partial charge in [-0.2, -0.15) is 5.10 Å². The number of benzene rings is 2. The molecule has 0 aliphatic heterocycles. The van der Waals surface area contributed by atoms with E-state index >= 15 is 0 Å². The summed E-state index contributed by atoms with van der Waals surface area (Å²) in [5.74, 6) is 0.00162. The van der Waals surface area contributed by atoms with E-state index in [2.05, 4.69) is 25.8 Å². The van der Waals surface area contributed by atoms with Crippen LogP contribution >= 0.6 is 0 Å². The van der Waals surface area contributed by atoms with Crippen LogP contribution in [0.3, 0.4) is 0 Å². The van der Waals surface area contributed by atoms with Crippen LogP contribution in [0.25, 0.3) is 10.8 Å². The van der Waals surface area contributed by atoms with E-state index < -0.39 is 5.97 Å². The highest BCUT2D eigenvalue weighted by atomic mass is 19.1. The smallest absolute Gasteiger partial charge is 0.337 e. The highest BCUT2D eigenvalue weighted by Gasteiger charge is 2.10. The first-order valence-electron chi connectivity index (χ1n) is 9.76. The van der Waals surface area contributed by atoms with Gasteiger partial charge < -0.3 is 15.7 Å². The number of carbonyl (C=O) groups is 1. The van der Waals surface area contributed by atoms with Gasteiger partial charge in [0.1, 0.15) is 11.6 Å². The number of hydrogen-bond acceptors (Lipinski definition) is 6. The van der Waals surface area contributed by atoms with E-state index in [4.69, 9.17) is 5.11 Å². The molecular formula is C23H20FN5O2. The van der Waals surface area contributed by atoms with Crippen LogP contribution in [0.4, 0.5) is 16.0 Å². The zero-order valence-electron chi connectivity index (χ0n) is 16.5. The third kappa shape index (κ3) is 4.92. The number of anilines is 2. The van der Waals surface area contributed by atoms with Crippen molar-refractivity contribution in [1.82, 2.24) is 15.2 Å². The van der Waals surface area contributed by atoms with Crippen LogP contribution in [0.5, 0.6) is 0 Å². The molecule has 3 N–H and O–H groups in total. The fourth-order valence-corrected chi connectivity index (χ4v) is 3.21. The Morgan fingerprint density at radius 1 is 0.903 bits per heavy atom. The molecule has 156 valence electrons. The van der Waals surface area contributed by atoms with Crippen molar-refractivity contribution in [3.8, 4) is 0 Å². The third-order valence-electron chi connectivity index (χ3n) is 4.78. The first-order chi connectivity index (χ1) is 15.1. The summed E-state index contributed by atoms with van der Waals surface area (Å²) in [4.78, 5) is 15.0.